The predicted octanol–water partition coefficient (Wildman–Crippen LogP) is 4.32. The second-order valence-corrected chi connectivity index (χ2v) is 7.05. The topological polar surface area (TPSA) is 85.6 Å². The summed E-state index contributed by atoms with van der Waals surface area (Å²) in [7, 11) is 0. The molecule has 0 saturated heterocycles. The van der Waals surface area contributed by atoms with E-state index >= 15 is 0 Å². The van der Waals surface area contributed by atoms with Gasteiger partial charge in [-0.1, -0.05) is 54.1 Å². The summed E-state index contributed by atoms with van der Waals surface area (Å²) < 4.78 is 10.8. The highest BCUT2D eigenvalue weighted by Gasteiger charge is 2.21. The number of Topliss-reactive ketones (excluding diaryl/α,β-unsaturated/α-hetero) is 1. The van der Waals surface area contributed by atoms with E-state index in [1.807, 2.05) is 31.2 Å². The fourth-order valence-corrected chi connectivity index (χ4v) is 2.78. The highest BCUT2D eigenvalue weighted by atomic mass is 16.6. The van der Waals surface area contributed by atoms with E-state index in [9.17, 15) is 14.4 Å². The van der Waals surface area contributed by atoms with Crippen LogP contribution >= 0.6 is 0 Å². The highest BCUT2D eigenvalue weighted by molar-refractivity contribution is 5.94. The van der Waals surface area contributed by atoms with Gasteiger partial charge in [-0.3, -0.25) is 9.59 Å². The molecule has 0 bridgehead atoms. The monoisotopic (exact) mass is 405 g/mol. The number of hydrogen-bond donors (Lipinski definition) is 1. The van der Waals surface area contributed by atoms with Crippen molar-refractivity contribution in [3.05, 3.63) is 83.1 Å². The Bertz CT molecular complexity index is 1050. The zero-order valence-electron chi connectivity index (χ0n) is 17.1. The summed E-state index contributed by atoms with van der Waals surface area (Å²) in [5.74, 6) is -0.678. The average Bonchev–Trinajstić information content (AvgIpc) is 3.23. The van der Waals surface area contributed by atoms with Gasteiger partial charge in [0.15, 0.2) is 11.9 Å². The minimum Gasteiger partial charge on any atom is -0.449 e. The fourth-order valence-electron chi connectivity index (χ4n) is 2.78. The number of nitrogens with one attached hydrogen (secondary N) is 1. The molecule has 0 radical (unpaired) electrons. The minimum atomic E-state index is -0.966. The first-order valence-electron chi connectivity index (χ1n) is 9.59. The van der Waals surface area contributed by atoms with Crippen LogP contribution in [0, 0.1) is 6.92 Å². The molecule has 6 heteroatoms. The number of hydrogen-bond acceptors (Lipinski definition) is 5. The Morgan fingerprint density at radius 1 is 0.967 bits per heavy atom. The van der Waals surface area contributed by atoms with Crippen molar-refractivity contribution >= 4 is 17.7 Å². The summed E-state index contributed by atoms with van der Waals surface area (Å²) in [6.07, 6.45) is -0.966. The number of amides is 1. The van der Waals surface area contributed by atoms with E-state index in [-0.39, 0.29) is 11.5 Å². The number of rotatable bonds is 7. The maximum Gasteiger partial charge on any atom is 0.375 e. The molecule has 0 unspecified atom stereocenters. The van der Waals surface area contributed by atoms with Crippen LogP contribution in [-0.4, -0.2) is 23.8 Å². The molecule has 1 heterocycles. The summed E-state index contributed by atoms with van der Waals surface area (Å²) >= 11 is 0. The minimum absolute atomic E-state index is 0.00108. The van der Waals surface area contributed by atoms with Crippen molar-refractivity contribution in [2.24, 2.45) is 0 Å². The second-order valence-electron chi connectivity index (χ2n) is 7.05. The summed E-state index contributed by atoms with van der Waals surface area (Å²) in [5, 5.41) is 2.75. The smallest absolute Gasteiger partial charge is 0.375 e. The molecule has 1 amide bonds. The third-order valence-electron chi connectivity index (χ3n) is 4.62. The number of carbonyl (C=O) groups is 3. The molecule has 0 aliphatic carbocycles. The Labute approximate surface area is 174 Å². The lowest BCUT2D eigenvalue weighted by Crippen LogP contribution is -2.35. The SMILES string of the molecule is CC(=O)c1ccc(-c2ccc(C(=O)O[C@H](C)C(=O)NCc3ccc(C)cc3)o2)cc1. The van der Waals surface area contributed by atoms with Crippen LogP contribution in [0.1, 0.15) is 45.9 Å². The van der Waals surface area contributed by atoms with Gasteiger partial charge in [-0.2, -0.15) is 0 Å². The van der Waals surface area contributed by atoms with Crippen molar-refractivity contribution in [1.29, 1.82) is 0 Å². The van der Waals surface area contributed by atoms with E-state index in [2.05, 4.69) is 5.32 Å². The lowest BCUT2D eigenvalue weighted by Gasteiger charge is -2.13. The number of furan rings is 1. The van der Waals surface area contributed by atoms with Gasteiger partial charge in [0.1, 0.15) is 5.76 Å². The van der Waals surface area contributed by atoms with Gasteiger partial charge in [0.2, 0.25) is 5.76 Å². The first-order chi connectivity index (χ1) is 14.3. The van der Waals surface area contributed by atoms with E-state index in [0.29, 0.717) is 17.9 Å². The van der Waals surface area contributed by atoms with Gasteiger partial charge in [-0.05, 0) is 38.5 Å². The number of aryl methyl sites for hydroxylation is 1. The van der Waals surface area contributed by atoms with Crippen molar-refractivity contribution in [2.45, 2.75) is 33.4 Å². The lowest BCUT2D eigenvalue weighted by molar-refractivity contribution is -0.129. The van der Waals surface area contributed by atoms with Gasteiger partial charge in [0.25, 0.3) is 5.91 Å². The van der Waals surface area contributed by atoms with E-state index in [0.717, 1.165) is 16.7 Å². The maximum absolute atomic E-state index is 12.3. The van der Waals surface area contributed by atoms with Crippen molar-refractivity contribution in [1.82, 2.24) is 5.32 Å². The molecule has 30 heavy (non-hydrogen) atoms. The van der Waals surface area contributed by atoms with E-state index in [1.165, 1.54) is 19.9 Å². The van der Waals surface area contributed by atoms with E-state index in [4.69, 9.17) is 9.15 Å². The largest absolute Gasteiger partial charge is 0.449 e. The van der Waals surface area contributed by atoms with Crippen molar-refractivity contribution < 1.29 is 23.5 Å². The molecule has 0 spiro atoms. The molecule has 0 saturated carbocycles. The molecule has 6 nitrogen and oxygen atoms in total. The molecule has 1 N–H and O–H groups in total. The number of esters is 1. The van der Waals surface area contributed by atoms with Crippen LogP contribution in [0.2, 0.25) is 0 Å². The molecule has 0 aliphatic heterocycles. The van der Waals surface area contributed by atoms with Gasteiger partial charge in [0.05, 0.1) is 0 Å². The molecular weight excluding hydrogens is 382 g/mol. The Morgan fingerprint density at radius 3 is 2.27 bits per heavy atom. The zero-order chi connectivity index (χ0) is 21.7. The van der Waals surface area contributed by atoms with E-state index in [1.54, 1.807) is 30.3 Å². The van der Waals surface area contributed by atoms with Crippen LogP contribution < -0.4 is 5.32 Å². The van der Waals surface area contributed by atoms with E-state index < -0.39 is 18.0 Å². The fraction of sp³-hybridized carbons (Fsp3) is 0.208. The second kappa shape index (κ2) is 9.22. The number of ether oxygens (including phenoxy) is 1. The summed E-state index contributed by atoms with van der Waals surface area (Å²) in [5.41, 5.74) is 3.41. The van der Waals surface area contributed by atoms with Crippen molar-refractivity contribution in [3.8, 4) is 11.3 Å². The normalized spacial score (nSPS) is 11.6. The molecule has 3 rings (SSSR count). The quantitative estimate of drug-likeness (QED) is 0.467. The van der Waals surface area contributed by atoms with Gasteiger partial charge in [0, 0.05) is 17.7 Å². The maximum atomic E-state index is 12.3. The average molecular weight is 405 g/mol. The van der Waals surface area contributed by atoms with Crippen LogP contribution in [-0.2, 0) is 16.1 Å². The number of benzene rings is 2. The van der Waals surface area contributed by atoms with Crippen LogP contribution in [0.3, 0.4) is 0 Å². The summed E-state index contributed by atoms with van der Waals surface area (Å²) in [6, 6.07) is 17.8. The van der Waals surface area contributed by atoms with Crippen LogP contribution in [0.5, 0.6) is 0 Å². The predicted molar refractivity (Wildman–Crippen MR) is 112 cm³/mol. The van der Waals surface area contributed by atoms with Crippen LogP contribution in [0.15, 0.2) is 65.1 Å². The molecule has 3 aromatic rings. The molecular formula is C24H23NO5. The first kappa shape index (κ1) is 21.0. The number of ketones is 1. The zero-order valence-corrected chi connectivity index (χ0v) is 17.1. The van der Waals surface area contributed by atoms with Gasteiger partial charge in [-0.25, -0.2) is 4.79 Å². The van der Waals surface area contributed by atoms with Gasteiger partial charge in [-0.15, -0.1) is 0 Å². The van der Waals surface area contributed by atoms with Crippen LogP contribution in [0.4, 0.5) is 0 Å². The summed E-state index contributed by atoms with van der Waals surface area (Å²) in [4.78, 5) is 35.9. The molecule has 2 aromatic carbocycles. The highest BCUT2D eigenvalue weighted by Crippen LogP contribution is 2.23. The Hall–Kier alpha value is -3.67. The van der Waals surface area contributed by atoms with Gasteiger partial charge < -0.3 is 14.5 Å². The molecule has 0 fully saturated rings. The first-order valence-corrected chi connectivity index (χ1v) is 9.59. The molecule has 1 atom stereocenters. The van der Waals surface area contributed by atoms with Crippen LogP contribution in [0.25, 0.3) is 11.3 Å². The third kappa shape index (κ3) is 5.23. The van der Waals surface area contributed by atoms with Gasteiger partial charge >= 0.3 is 5.97 Å². The third-order valence-corrected chi connectivity index (χ3v) is 4.62. The Kier molecular flexibility index (Phi) is 6.47. The standard InChI is InChI=1S/C24H23NO5/c1-15-4-6-18(7-5-15)14-25-23(27)17(3)29-24(28)22-13-12-21(30-22)20-10-8-19(9-11-20)16(2)26/h4-13,17H,14H2,1-3H3,(H,25,27)/t17-/m1/s1. The molecule has 0 aliphatic rings. The molecule has 154 valence electrons. The van der Waals surface area contributed by atoms with Crippen molar-refractivity contribution in [2.75, 3.05) is 0 Å². The van der Waals surface area contributed by atoms with Crippen molar-refractivity contribution in [3.63, 3.8) is 0 Å². The molecule has 1 aromatic heterocycles. The Morgan fingerprint density at radius 2 is 1.63 bits per heavy atom. The summed E-state index contributed by atoms with van der Waals surface area (Å²) in [6.45, 7) is 5.34. The number of carbonyl (C=O) groups excluding carboxylic acids is 3. The Balaban J connectivity index is 1.56. The lowest BCUT2D eigenvalue weighted by atomic mass is 10.1.